The molecule has 228 valence electrons. The molecular formula is C43H30N3OP. The fourth-order valence-corrected chi connectivity index (χ4v) is 8.77. The Morgan fingerprint density at radius 2 is 1.10 bits per heavy atom. The largest absolute Gasteiger partial charge is 0.454 e. The summed E-state index contributed by atoms with van der Waals surface area (Å²) in [6.45, 7) is 4.65. The highest BCUT2D eigenvalue weighted by molar-refractivity contribution is 7.54. The maximum atomic E-state index is 6.02. The molecule has 0 amide bonds. The van der Waals surface area contributed by atoms with Crippen LogP contribution in [0.2, 0.25) is 0 Å². The molecule has 0 aliphatic heterocycles. The van der Waals surface area contributed by atoms with Crippen LogP contribution in [-0.2, 0) is 0 Å². The number of aromatic nitrogens is 3. The van der Waals surface area contributed by atoms with Crippen LogP contribution in [0.5, 0.6) is 0 Å². The fraction of sp³-hybridized carbons (Fsp3) is 0.0465. The molecule has 0 aliphatic rings. The lowest BCUT2D eigenvalue weighted by atomic mass is 10.0. The van der Waals surface area contributed by atoms with Crippen LogP contribution in [0, 0.1) is 0 Å². The Balaban J connectivity index is 1.11. The Morgan fingerprint density at radius 3 is 1.92 bits per heavy atom. The monoisotopic (exact) mass is 635 g/mol. The van der Waals surface area contributed by atoms with Gasteiger partial charge in [-0.05, 0) is 87.1 Å². The topological polar surface area (TPSA) is 35.9 Å². The second-order valence-electron chi connectivity index (χ2n) is 12.7. The van der Waals surface area contributed by atoms with Crippen molar-refractivity contribution in [1.82, 2.24) is 13.9 Å². The van der Waals surface area contributed by atoms with Gasteiger partial charge < -0.3 is 13.3 Å². The van der Waals surface area contributed by atoms with Crippen LogP contribution in [-0.4, -0.2) is 27.2 Å². The molecule has 0 radical (unpaired) electrons. The zero-order valence-corrected chi connectivity index (χ0v) is 27.4. The van der Waals surface area contributed by atoms with Crippen molar-refractivity contribution in [3.05, 3.63) is 146 Å². The van der Waals surface area contributed by atoms with Crippen molar-refractivity contribution in [2.45, 2.75) is 0 Å². The third kappa shape index (κ3) is 4.03. The Morgan fingerprint density at radius 1 is 0.479 bits per heavy atom. The molecule has 0 spiro atoms. The number of hydrogen-bond donors (Lipinski definition) is 0. The molecule has 0 N–H and O–H groups in total. The summed E-state index contributed by atoms with van der Waals surface area (Å²) in [6, 6.07) is 50.5. The second-order valence-corrected chi connectivity index (χ2v) is 14.8. The number of nitrogens with zero attached hydrogens (tertiary/aromatic N) is 3. The van der Waals surface area contributed by atoms with E-state index in [1.54, 1.807) is 0 Å². The van der Waals surface area contributed by atoms with Crippen molar-refractivity contribution in [2.75, 3.05) is 13.3 Å². The number of furan rings is 1. The van der Waals surface area contributed by atoms with Crippen molar-refractivity contribution >= 4 is 73.6 Å². The molecule has 10 aromatic rings. The highest BCUT2D eigenvalue weighted by atomic mass is 31.1. The van der Waals surface area contributed by atoms with Crippen molar-refractivity contribution in [1.29, 1.82) is 0 Å². The van der Waals surface area contributed by atoms with Crippen molar-refractivity contribution < 1.29 is 4.42 Å². The van der Waals surface area contributed by atoms with Gasteiger partial charge in [-0.3, -0.25) is 4.98 Å². The summed E-state index contributed by atoms with van der Waals surface area (Å²) in [5.74, 6) is 0. The van der Waals surface area contributed by atoms with Gasteiger partial charge in [-0.15, -0.1) is 0 Å². The molecular weight excluding hydrogens is 605 g/mol. The Kier molecular flexibility index (Phi) is 5.94. The number of para-hydroxylation sites is 3. The van der Waals surface area contributed by atoms with Crippen LogP contribution in [0.1, 0.15) is 0 Å². The second kappa shape index (κ2) is 10.4. The van der Waals surface area contributed by atoms with Gasteiger partial charge in [-0.1, -0.05) is 84.9 Å². The van der Waals surface area contributed by atoms with Crippen molar-refractivity contribution in [3.8, 4) is 28.1 Å². The Bertz CT molecular complexity index is 2870. The molecule has 4 heterocycles. The van der Waals surface area contributed by atoms with Gasteiger partial charge in [0, 0.05) is 43.6 Å². The first-order chi connectivity index (χ1) is 23.6. The summed E-state index contributed by atoms with van der Waals surface area (Å²) >= 11 is 0. The van der Waals surface area contributed by atoms with Crippen LogP contribution in [0.15, 0.2) is 150 Å². The molecule has 0 fully saturated rings. The maximum absolute atomic E-state index is 6.02. The van der Waals surface area contributed by atoms with E-state index < -0.39 is 0 Å². The maximum Gasteiger partial charge on any atom is 0.153 e. The highest BCUT2D eigenvalue weighted by Gasteiger charge is 2.17. The average molecular weight is 636 g/mol. The van der Waals surface area contributed by atoms with E-state index in [0.717, 1.165) is 38.9 Å². The summed E-state index contributed by atoms with van der Waals surface area (Å²) in [4.78, 5) is 4.76. The third-order valence-electron chi connectivity index (χ3n) is 9.74. The lowest BCUT2D eigenvalue weighted by molar-refractivity contribution is 0.667. The van der Waals surface area contributed by atoms with Gasteiger partial charge in [0.2, 0.25) is 0 Å². The molecule has 0 aliphatic carbocycles. The van der Waals surface area contributed by atoms with E-state index in [1.165, 1.54) is 54.7 Å². The third-order valence-corrected chi connectivity index (χ3v) is 11.0. The Hall–Kier alpha value is -5.70. The molecule has 6 aromatic carbocycles. The van der Waals surface area contributed by atoms with Gasteiger partial charge in [0.15, 0.2) is 5.58 Å². The molecule has 0 saturated heterocycles. The summed E-state index contributed by atoms with van der Waals surface area (Å²) < 4.78 is 10.9. The predicted molar refractivity (Wildman–Crippen MR) is 204 cm³/mol. The van der Waals surface area contributed by atoms with E-state index in [1.807, 2.05) is 24.4 Å². The minimum atomic E-state index is -0.313. The van der Waals surface area contributed by atoms with E-state index in [9.17, 15) is 0 Å². The Labute approximate surface area is 278 Å². The fourth-order valence-electron chi connectivity index (χ4n) is 7.56. The van der Waals surface area contributed by atoms with Crippen LogP contribution >= 0.6 is 8.07 Å². The minimum absolute atomic E-state index is 0.313. The van der Waals surface area contributed by atoms with E-state index in [2.05, 4.69) is 144 Å². The number of benzene rings is 6. The molecule has 0 bridgehead atoms. The first-order valence-electron chi connectivity index (χ1n) is 16.2. The molecule has 0 saturated carbocycles. The summed E-state index contributed by atoms with van der Waals surface area (Å²) in [5.41, 5.74) is 12.3. The molecule has 4 aromatic heterocycles. The van der Waals surface area contributed by atoms with Crippen LogP contribution in [0.4, 0.5) is 0 Å². The zero-order chi connectivity index (χ0) is 31.9. The molecule has 5 heteroatoms. The number of hydrogen-bond acceptors (Lipinski definition) is 2. The smallest absolute Gasteiger partial charge is 0.153 e. The lowest BCUT2D eigenvalue weighted by Crippen LogP contribution is -1.94. The SMILES string of the molecule is CP(C)n1c2ccccc2c2cc(-c3ccc4c5ccccc5n(-c5ccc(-c6cc7c(cn6)oc6ccccc67)cc5)c4c3)ccc21. The van der Waals surface area contributed by atoms with E-state index in [0.29, 0.717) is 0 Å². The number of fused-ring (bicyclic) bond motifs is 9. The number of rotatable bonds is 4. The normalized spacial score (nSPS) is 12.1. The zero-order valence-electron chi connectivity index (χ0n) is 26.6. The van der Waals surface area contributed by atoms with E-state index >= 15 is 0 Å². The van der Waals surface area contributed by atoms with Gasteiger partial charge in [0.05, 0.1) is 34.0 Å². The first kappa shape index (κ1) is 27.4. The van der Waals surface area contributed by atoms with Crippen LogP contribution in [0.25, 0.3) is 93.6 Å². The van der Waals surface area contributed by atoms with Gasteiger partial charge in [0.25, 0.3) is 0 Å². The summed E-state index contributed by atoms with van der Waals surface area (Å²) in [6.07, 6.45) is 1.84. The minimum Gasteiger partial charge on any atom is -0.454 e. The average Bonchev–Trinajstić information content (AvgIpc) is 3.78. The molecule has 48 heavy (non-hydrogen) atoms. The molecule has 10 rings (SSSR count). The molecule has 0 atom stereocenters. The molecule has 0 unspecified atom stereocenters. The van der Waals surface area contributed by atoms with Gasteiger partial charge in [-0.2, -0.15) is 0 Å². The van der Waals surface area contributed by atoms with Crippen LogP contribution in [0.3, 0.4) is 0 Å². The standard InChI is InChI=1S/C43H30N3OP/c1-48(2)46-39-13-7-4-10-32(39)35-23-28(18-22-40(35)46)29-17-21-33-31-9-3-6-12-38(31)45(41(33)24-29)30-19-15-27(16-20-30)37-25-36-34-11-5-8-14-42(34)47-43(36)26-44-37/h3-26H,1-2H3. The van der Waals surface area contributed by atoms with Crippen molar-refractivity contribution in [3.63, 3.8) is 0 Å². The van der Waals surface area contributed by atoms with Gasteiger partial charge in [-0.25, -0.2) is 0 Å². The van der Waals surface area contributed by atoms with Gasteiger partial charge in [0.1, 0.15) is 5.58 Å². The first-order valence-corrected chi connectivity index (χ1v) is 18.4. The van der Waals surface area contributed by atoms with Crippen molar-refractivity contribution in [2.24, 2.45) is 0 Å². The lowest BCUT2D eigenvalue weighted by Gasteiger charge is -2.12. The quantitative estimate of drug-likeness (QED) is 0.180. The molecule has 4 nitrogen and oxygen atoms in total. The van der Waals surface area contributed by atoms with E-state index in [-0.39, 0.29) is 8.07 Å². The summed E-state index contributed by atoms with van der Waals surface area (Å²) in [7, 11) is -0.313. The summed E-state index contributed by atoms with van der Waals surface area (Å²) in [5, 5.41) is 7.32. The number of pyridine rings is 1. The van der Waals surface area contributed by atoms with Crippen LogP contribution < -0.4 is 0 Å². The van der Waals surface area contributed by atoms with Gasteiger partial charge >= 0.3 is 0 Å². The predicted octanol–water partition coefficient (Wildman–Crippen LogP) is 12.0. The van der Waals surface area contributed by atoms with E-state index in [4.69, 9.17) is 9.40 Å². The highest BCUT2D eigenvalue weighted by Crippen LogP contribution is 2.42.